The molecule has 0 saturated heterocycles. The lowest BCUT2D eigenvalue weighted by atomic mass is 10.1. The predicted molar refractivity (Wildman–Crippen MR) is 98.2 cm³/mol. The summed E-state index contributed by atoms with van der Waals surface area (Å²) in [6.45, 7) is 2.06. The van der Waals surface area contributed by atoms with Crippen LogP contribution in [-0.4, -0.2) is 18.6 Å². The highest BCUT2D eigenvalue weighted by atomic mass is 79.9. The average Bonchev–Trinajstić information content (AvgIpc) is 2.56. The highest BCUT2D eigenvalue weighted by Gasteiger charge is 2.06. The van der Waals surface area contributed by atoms with E-state index in [1.165, 1.54) is 0 Å². The molecular formula is C18H19BrN2O3. The van der Waals surface area contributed by atoms with Crippen LogP contribution < -0.4 is 10.6 Å². The number of hydrogen-bond acceptors (Lipinski definition) is 3. The van der Waals surface area contributed by atoms with Crippen molar-refractivity contribution in [2.45, 2.75) is 19.8 Å². The lowest BCUT2D eigenvalue weighted by Crippen LogP contribution is -2.14. The number of anilines is 2. The molecule has 0 heterocycles. The third kappa shape index (κ3) is 5.70. The Labute approximate surface area is 149 Å². The molecule has 2 amide bonds. The molecule has 0 aliphatic rings. The number of carbonyl (C=O) groups excluding carboxylic acids is 2. The lowest BCUT2D eigenvalue weighted by Gasteiger charge is -2.08. The van der Waals surface area contributed by atoms with Gasteiger partial charge >= 0.3 is 6.09 Å². The molecule has 24 heavy (non-hydrogen) atoms. The Kier molecular flexibility index (Phi) is 6.81. The molecule has 2 rings (SSSR count). The van der Waals surface area contributed by atoms with Crippen LogP contribution in [0.3, 0.4) is 0 Å². The van der Waals surface area contributed by atoms with E-state index in [-0.39, 0.29) is 5.91 Å². The number of benzene rings is 2. The van der Waals surface area contributed by atoms with Gasteiger partial charge in [0.1, 0.15) is 0 Å². The number of ether oxygens (including phenoxy) is 1. The van der Waals surface area contributed by atoms with Crippen molar-refractivity contribution in [3.63, 3.8) is 0 Å². The van der Waals surface area contributed by atoms with Gasteiger partial charge in [0.05, 0.1) is 6.61 Å². The molecule has 2 N–H and O–H groups in total. The van der Waals surface area contributed by atoms with E-state index in [0.717, 1.165) is 10.0 Å². The minimum atomic E-state index is -0.497. The molecule has 6 heteroatoms. The first-order valence-corrected chi connectivity index (χ1v) is 8.45. The predicted octanol–water partition coefficient (Wildman–Crippen LogP) is 4.59. The molecule has 0 radical (unpaired) electrons. The van der Waals surface area contributed by atoms with E-state index < -0.39 is 6.09 Å². The quantitative estimate of drug-likeness (QED) is 0.757. The Balaban J connectivity index is 1.83. The first kappa shape index (κ1) is 18.0. The van der Waals surface area contributed by atoms with E-state index in [0.29, 0.717) is 30.8 Å². The highest BCUT2D eigenvalue weighted by Crippen LogP contribution is 2.18. The summed E-state index contributed by atoms with van der Waals surface area (Å²) >= 11 is 3.48. The molecule has 0 spiro atoms. The lowest BCUT2D eigenvalue weighted by molar-refractivity contribution is -0.116. The van der Waals surface area contributed by atoms with Gasteiger partial charge in [-0.05, 0) is 49.2 Å². The van der Waals surface area contributed by atoms with Gasteiger partial charge in [0.15, 0.2) is 0 Å². The van der Waals surface area contributed by atoms with E-state index in [2.05, 4.69) is 26.6 Å². The average molecular weight is 391 g/mol. The van der Waals surface area contributed by atoms with Crippen molar-refractivity contribution in [2.24, 2.45) is 0 Å². The summed E-state index contributed by atoms with van der Waals surface area (Å²) in [6.07, 6.45) is 0.559. The maximum atomic E-state index is 12.0. The van der Waals surface area contributed by atoms with Crippen LogP contribution in [0.5, 0.6) is 0 Å². The van der Waals surface area contributed by atoms with Crippen LogP contribution in [0, 0.1) is 0 Å². The highest BCUT2D eigenvalue weighted by molar-refractivity contribution is 9.10. The maximum absolute atomic E-state index is 12.0. The first-order chi connectivity index (χ1) is 11.6. The Morgan fingerprint density at radius 2 is 1.62 bits per heavy atom. The maximum Gasteiger partial charge on any atom is 0.411 e. The number of carbonyl (C=O) groups is 2. The van der Waals surface area contributed by atoms with Crippen LogP contribution in [0.15, 0.2) is 53.0 Å². The van der Waals surface area contributed by atoms with Gasteiger partial charge in [-0.25, -0.2) is 4.79 Å². The molecule has 2 aromatic rings. The fourth-order valence-corrected chi connectivity index (χ4v) is 2.58. The van der Waals surface area contributed by atoms with E-state index >= 15 is 0 Å². The zero-order valence-corrected chi connectivity index (χ0v) is 14.9. The van der Waals surface area contributed by atoms with Gasteiger partial charge < -0.3 is 10.1 Å². The van der Waals surface area contributed by atoms with Gasteiger partial charge in [-0.3, -0.25) is 10.1 Å². The Hall–Kier alpha value is -2.34. The molecular weight excluding hydrogens is 372 g/mol. The molecule has 0 fully saturated rings. The van der Waals surface area contributed by atoms with E-state index in [1.54, 1.807) is 31.2 Å². The number of amides is 2. The summed E-state index contributed by atoms with van der Waals surface area (Å²) < 4.78 is 5.81. The van der Waals surface area contributed by atoms with Crippen molar-refractivity contribution >= 4 is 39.3 Å². The monoisotopic (exact) mass is 390 g/mol. The van der Waals surface area contributed by atoms with Gasteiger partial charge in [-0.2, -0.15) is 0 Å². The third-order valence-corrected chi connectivity index (χ3v) is 4.04. The van der Waals surface area contributed by atoms with Crippen LogP contribution in [0.4, 0.5) is 16.2 Å². The summed E-state index contributed by atoms with van der Waals surface area (Å²) in [5.41, 5.74) is 2.39. The Morgan fingerprint density at radius 1 is 1.00 bits per heavy atom. The molecule has 0 bridgehead atoms. The summed E-state index contributed by atoms with van der Waals surface area (Å²) in [5, 5.41) is 5.44. The smallest absolute Gasteiger partial charge is 0.411 e. The fraction of sp³-hybridized carbons (Fsp3) is 0.222. The fourth-order valence-electron chi connectivity index (χ4n) is 2.09. The largest absolute Gasteiger partial charge is 0.450 e. The second-order valence-corrected chi connectivity index (χ2v) is 5.92. The number of hydrogen-bond donors (Lipinski definition) is 2. The van der Waals surface area contributed by atoms with Gasteiger partial charge in [0, 0.05) is 22.3 Å². The minimum Gasteiger partial charge on any atom is -0.450 e. The molecule has 0 saturated carbocycles. The van der Waals surface area contributed by atoms with Crippen molar-refractivity contribution in [3.05, 3.63) is 58.6 Å². The van der Waals surface area contributed by atoms with Gasteiger partial charge in [-0.15, -0.1) is 0 Å². The summed E-state index contributed by atoms with van der Waals surface area (Å²) in [6, 6.07) is 14.7. The molecule has 0 unspecified atom stereocenters. The molecule has 5 nitrogen and oxygen atoms in total. The van der Waals surface area contributed by atoms with E-state index in [9.17, 15) is 9.59 Å². The van der Waals surface area contributed by atoms with Crippen LogP contribution in [0.1, 0.15) is 18.9 Å². The number of aryl methyl sites for hydroxylation is 1. The molecule has 126 valence electrons. The van der Waals surface area contributed by atoms with Crippen molar-refractivity contribution in [1.29, 1.82) is 0 Å². The topological polar surface area (TPSA) is 67.4 Å². The van der Waals surface area contributed by atoms with Crippen LogP contribution in [0.2, 0.25) is 0 Å². The Morgan fingerprint density at radius 3 is 2.25 bits per heavy atom. The molecule has 0 aromatic heterocycles. The standard InChI is InChI=1S/C18H19BrN2O3/c1-2-24-18(23)21-15-10-8-14(9-11-15)20-17(22)12-7-13-5-3-4-6-16(13)19/h3-6,8-11H,2,7,12H2,1H3,(H,20,22)(H,21,23). The second-order valence-electron chi connectivity index (χ2n) is 5.06. The Bertz CT molecular complexity index is 702. The van der Waals surface area contributed by atoms with Crippen molar-refractivity contribution in [2.75, 3.05) is 17.2 Å². The minimum absolute atomic E-state index is 0.0585. The van der Waals surface area contributed by atoms with Crippen LogP contribution in [-0.2, 0) is 16.0 Å². The summed E-state index contributed by atoms with van der Waals surface area (Å²) in [5.74, 6) is -0.0585. The van der Waals surface area contributed by atoms with Gasteiger partial charge in [-0.1, -0.05) is 34.1 Å². The van der Waals surface area contributed by atoms with E-state index in [4.69, 9.17) is 4.74 Å². The molecule has 2 aromatic carbocycles. The molecule has 0 aliphatic carbocycles. The van der Waals surface area contributed by atoms with Crippen LogP contribution >= 0.6 is 15.9 Å². The van der Waals surface area contributed by atoms with Crippen LogP contribution in [0.25, 0.3) is 0 Å². The van der Waals surface area contributed by atoms with E-state index in [1.807, 2.05) is 24.3 Å². The first-order valence-electron chi connectivity index (χ1n) is 7.65. The molecule has 0 atom stereocenters. The zero-order valence-electron chi connectivity index (χ0n) is 13.3. The summed E-state index contributed by atoms with van der Waals surface area (Å²) in [7, 11) is 0. The van der Waals surface area contributed by atoms with Gasteiger partial charge in [0.25, 0.3) is 0 Å². The zero-order chi connectivity index (χ0) is 17.4. The third-order valence-electron chi connectivity index (χ3n) is 3.27. The number of nitrogens with one attached hydrogen (secondary N) is 2. The number of rotatable bonds is 6. The van der Waals surface area contributed by atoms with Crippen molar-refractivity contribution < 1.29 is 14.3 Å². The van der Waals surface area contributed by atoms with Gasteiger partial charge in [0.2, 0.25) is 5.91 Å². The molecule has 0 aliphatic heterocycles. The normalized spacial score (nSPS) is 10.1. The van der Waals surface area contributed by atoms with Crippen molar-refractivity contribution in [1.82, 2.24) is 0 Å². The second kappa shape index (κ2) is 9.08. The SMILES string of the molecule is CCOC(=O)Nc1ccc(NC(=O)CCc2ccccc2Br)cc1. The summed E-state index contributed by atoms with van der Waals surface area (Å²) in [4.78, 5) is 23.3. The number of halogens is 1. The van der Waals surface area contributed by atoms with Crippen molar-refractivity contribution in [3.8, 4) is 0 Å².